The van der Waals surface area contributed by atoms with Crippen LogP contribution in [0, 0.1) is 13.8 Å². The molecule has 0 saturated carbocycles. The minimum Gasteiger partial charge on any atom is -0.460 e. The third-order valence-electron chi connectivity index (χ3n) is 4.49. The molecule has 5 heterocycles. The second-order valence-corrected chi connectivity index (χ2v) is 9.77. The molecule has 0 saturated heterocycles. The monoisotopic (exact) mass is 496 g/mol. The van der Waals surface area contributed by atoms with Crippen LogP contribution in [0.4, 0.5) is 10.3 Å². The lowest BCUT2D eigenvalue weighted by atomic mass is 10.3. The van der Waals surface area contributed by atoms with Crippen LogP contribution in [-0.4, -0.2) is 21.8 Å². The maximum atomic E-state index is 12.6. The average Bonchev–Trinajstić information content (AvgIpc) is 3.59. The molecule has 5 rings (SSSR count). The maximum Gasteiger partial charge on any atom is 0.267 e. The van der Waals surface area contributed by atoms with E-state index in [1.54, 1.807) is 12.1 Å². The predicted molar refractivity (Wildman–Crippen MR) is 129 cm³/mol. The fourth-order valence-corrected chi connectivity index (χ4v) is 5.12. The van der Waals surface area contributed by atoms with Gasteiger partial charge in [-0.05, 0) is 50.2 Å². The highest BCUT2D eigenvalue weighted by molar-refractivity contribution is 7.17. The first kappa shape index (κ1) is 21.3. The number of thiophene rings is 1. The van der Waals surface area contributed by atoms with Crippen molar-refractivity contribution < 1.29 is 18.4 Å². The molecule has 0 unspecified atom stereocenters. The molecule has 8 nitrogen and oxygen atoms in total. The first-order valence-electron chi connectivity index (χ1n) is 9.72. The lowest BCUT2D eigenvalue weighted by Gasteiger charge is -1.99. The molecular weight excluding hydrogens is 480 g/mol. The smallest absolute Gasteiger partial charge is 0.267 e. The van der Waals surface area contributed by atoms with Gasteiger partial charge < -0.3 is 8.83 Å². The summed E-state index contributed by atoms with van der Waals surface area (Å²) >= 11 is 3.70. The zero-order valence-electron chi connectivity index (χ0n) is 17.4. The van der Waals surface area contributed by atoms with Crippen LogP contribution in [0.3, 0.4) is 0 Å². The van der Waals surface area contributed by atoms with Crippen LogP contribution in [-0.2, 0) is 0 Å². The Kier molecular flexibility index (Phi) is 5.67. The van der Waals surface area contributed by atoms with Crippen molar-refractivity contribution in [1.82, 2.24) is 9.97 Å². The van der Waals surface area contributed by atoms with E-state index in [1.807, 2.05) is 48.9 Å². The first-order chi connectivity index (χ1) is 15.9. The average molecular weight is 497 g/mol. The van der Waals surface area contributed by atoms with Gasteiger partial charge in [0.1, 0.15) is 22.9 Å². The fourth-order valence-electron chi connectivity index (χ4n) is 2.93. The van der Waals surface area contributed by atoms with Crippen molar-refractivity contribution in [2.24, 2.45) is 0 Å². The topological polar surface area (TPSA) is 110 Å². The van der Waals surface area contributed by atoms with Crippen LogP contribution in [0.25, 0.3) is 22.9 Å². The highest BCUT2D eigenvalue weighted by Crippen LogP contribution is 2.29. The Hall–Kier alpha value is -3.54. The van der Waals surface area contributed by atoms with Crippen LogP contribution in [0.2, 0.25) is 0 Å². The largest absolute Gasteiger partial charge is 0.460 e. The maximum absolute atomic E-state index is 12.6. The normalized spacial score (nSPS) is 11.0. The molecule has 33 heavy (non-hydrogen) atoms. The molecule has 2 amide bonds. The number of nitrogens with one attached hydrogen (secondary N) is 2. The van der Waals surface area contributed by atoms with Gasteiger partial charge in [0, 0.05) is 10.8 Å². The molecule has 2 N–H and O–H groups in total. The van der Waals surface area contributed by atoms with Crippen molar-refractivity contribution in [2.75, 3.05) is 10.6 Å². The second-order valence-electron chi connectivity index (χ2n) is 6.97. The number of furan rings is 2. The summed E-state index contributed by atoms with van der Waals surface area (Å²) in [6, 6.07) is 10.6. The van der Waals surface area contributed by atoms with E-state index < -0.39 is 0 Å². The molecule has 0 aliphatic rings. The van der Waals surface area contributed by atoms with Crippen LogP contribution < -0.4 is 10.6 Å². The van der Waals surface area contributed by atoms with E-state index in [2.05, 4.69) is 20.6 Å². The Bertz CT molecular complexity index is 1350. The summed E-state index contributed by atoms with van der Waals surface area (Å²) in [6.45, 7) is 3.72. The Balaban J connectivity index is 1.22. The summed E-state index contributed by atoms with van der Waals surface area (Å²) in [5.74, 6) is 2.20. The zero-order valence-corrected chi connectivity index (χ0v) is 19.8. The number of amides is 2. The van der Waals surface area contributed by atoms with E-state index in [1.165, 1.54) is 22.7 Å². The molecule has 0 aromatic carbocycles. The molecule has 166 valence electrons. The molecule has 11 heteroatoms. The number of nitrogens with zero attached hydrogens (tertiary/aromatic N) is 2. The summed E-state index contributed by atoms with van der Waals surface area (Å²) in [5.41, 5.74) is 1.31. The summed E-state index contributed by atoms with van der Waals surface area (Å²) in [5, 5.41) is 10.1. The number of anilines is 2. The van der Waals surface area contributed by atoms with Crippen molar-refractivity contribution in [3.63, 3.8) is 0 Å². The molecule has 0 aliphatic carbocycles. The third-order valence-corrected chi connectivity index (χ3v) is 7.09. The van der Waals surface area contributed by atoms with Crippen LogP contribution >= 0.6 is 34.0 Å². The number of thiazole rings is 2. The van der Waals surface area contributed by atoms with Gasteiger partial charge in [-0.3, -0.25) is 20.2 Å². The van der Waals surface area contributed by atoms with Crippen molar-refractivity contribution in [2.45, 2.75) is 13.8 Å². The number of hydrogen-bond acceptors (Lipinski definition) is 9. The molecular formula is C22H16N4O4S3. The minimum atomic E-state index is -0.333. The molecule has 0 atom stereocenters. The molecule has 0 bridgehead atoms. The van der Waals surface area contributed by atoms with E-state index >= 15 is 0 Å². The van der Waals surface area contributed by atoms with E-state index in [9.17, 15) is 9.59 Å². The van der Waals surface area contributed by atoms with Gasteiger partial charge in [-0.2, -0.15) is 0 Å². The van der Waals surface area contributed by atoms with Crippen LogP contribution in [0.1, 0.15) is 30.9 Å². The second kappa shape index (κ2) is 8.77. The molecule has 0 spiro atoms. The molecule has 0 radical (unpaired) electrons. The summed E-state index contributed by atoms with van der Waals surface area (Å²) in [4.78, 5) is 34.8. The van der Waals surface area contributed by atoms with E-state index in [0.29, 0.717) is 42.9 Å². The summed E-state index contributed by atoms with van der Waals surface area (Å²) < 4.78 is 11.1. The van der Waals surface area contributed by atoms with Gasteiger partial charge in [0.15, 0.2) is 21.8 Å². The Morgan fingerprint density at radius 3 is 1.58 bits per heavy atom. The van der Waals surface area contributed by atoms with Crippen LogP contribution in [0.5, 0.6) is 0 Å². The molecule has 5 aromatic rings. The van der Waals surface area contributed by atoms with E-state index in [0.717, 1.165) is 22.9 Å². The Morgan fingerprint density at radius 1 is 0.727 bits per heavy atom. The van der Waals surface area contributed by atoms with Crippen molar-refractivity contribution in [1.29, 1.82) is 0 Å². The quantitative estimate of drug-likeness (QED) is 0.285. The number of rotatable bonds is 6. The van der Waals surface area contributed by atoms with Gasteiger partial charge in [0.05, 0.1) is 9.75 Å². The van der Waals surface area contributed by atoms with Crippen molar-refractivity contribution in [3.8, 4) is 22.9 Å². The Labute approximate surface area is 199 Å². The van der Waals surface area contributed by atoms with E-state index in [-0.39, 0.29) is 11.8 Å². The Morgan fingerprint density at radius 2 is 1.18 bits per heavy atom. The minimum absolute atomic E-state index is 0.333. The number of carbonyl (C=O) groups excluding carboxylic acids is 2. The molecule has 0 aliphatic heterocycles. The van der Waals surface area contributed by atoms with Gasteiger partial charge in [0.2, 0.25) is 0 Å². The summed E-state index contributed by atoms with van der Waals surface area (Å²) in [6.07, 6.45) is 0. The number of aryl methyl sites for hydroxylation is 2. The van der Waals surface area contributed by atoms with Gasteiger partial charge in [0.25, 0.3) is 11.8 Å². The number of hydrogen-bond donors (Lipinski definition) is 2. The van der Waals surface area contributed by atoms with Gasteiger partial charge in [-0.25, -0.2) is 9.97 Å². The lowest BCUT2D eigenvalue weighted by molar-refractivity contribution is 0.102. The van der Waals surface area contributed by atoms with Crippen molar-refractivity contribution in [3.05, 3.63) is 68.4 Å². The number of carbonyl (C=O) groups is 2. The van der Waals surface area contributed by atoms with Crippen LogP contribution in [0.15, 0.2) is 56.0 Å². The third kappa shape index (κ3) is 4.65. The SMILES string of the molecule is Cc1ccc(-c2csc(NC(=O)c3ccc(C(=O)Nc4nc(-c5ccc(C)o5)cs4)s3)n2)o1. The first-order valence-corrected chi connectivity index (χ1v) is 12.3. The summed E-state index contributed by atoms with van der Waals surface area (Å²) in [7, 11) is 0. The zero-order chi connectivity index (χ0) is 22.9. The van der Waals surface area contributed by atoms with Gasteiger partial charge >= 0.3 is 0 Å². The van der Waals surface area contributed by atoms with Gasteiger partial charge in [-0.1, -0.05) is 0 Å². The molecule has 5 aromatic heterocycles. The fraction of sp³-hybridized carbons (Fsp3) is 0.0909. The van der Waals surface area contributed by atoms with Crippen molar-refractivity contribution >= 4 is 56.1 Å². The molecule has 0 fully saturated rings. The van der Waals surface area contributed by atoms with Gasteiger partial charge in [-0.15, -0.1) is 34.0 Å². The highest BCUT2D eigenvalue weighted by Gasteiger charge is 2.17. The van der Waals surface area contributed by atoms with E-state index in [4.69, 9.17) is 8.83 Å². The standard InChI is InChI=1S/C22H16N4O4S3/c1-11-3-5-15(29-11)13-9-31-21(23-13)25-19(27)17-7-8-18(33-17)20(28)26-22-24-14(10-32-22)16-6-4-12(2)30-16/h3-10H,1-2H3,(H,23,25,27)(H,24,26,28). The number of aromatic nitrogens is 2. The predicted octanol–water partition coefficient (Wildman–Crippen LogP) is 6.30. The highest BCUT2D eigenvalue weighted by atomic mass is 32.1. The lowest BCUT2D eigenvalue weighted by Crippen LogP contribution is -2.11.